The van der Waals surface area contributed by atoms with Crippen LogP contribution in [0.1, 0.15) is 11.5 Å². The van der Waals surface area contributed by atoms with Gasteiger partial charge in [-0.2, -0.15) is 0 Å². The fraction of sp³-hybridized carbons (Fsp3) is 0.545. The average molecular weight is 243 g/mol. The molecule has 3 N–H and O–H groups in total. The third kappa shape index (κ3) is 3.64. The van der Waals surface area contributed by atoms with Gasteiger partial charge in [-0.1, -0.05) is 0 Å². The van der Waals surface area contributed by atoms with Crippen LogP contribution in [0, 0.1) is 0 Å². The van der Waals surface area contributed by atoms with Crippen molar-refractivity contribution in [3.05, 3.63) is 23.7 Å². The van der Waals surface area contributed by atoms with Crippen LogP contribution in [0.3, 0.4) is 0 Å². The maximum absolute atomic E-state index is 9.06. The van der Waals surface area contributed by atoms with E-state index in [0.29, 0.717) is 18.1 Å². The number of ether oxygens (including phenoxy) is 1. The van der Waals surface area contributed by atoms with Crippen LogP contribution >= 0.6 is 0 Å². The van der Waals surface area contributed by atoms with Crippen LogP contribution in [0.2, 0.25) is 0 Å². The van der Waals surface area contributed by atoms with E-state index in [9.17, 15) is 0 Å². The first kappa shape index (κ1) is 13.9. The van der Waals surface area contributed by atoms with E-state index >= 15 is 0 Å². The first-order valence-corrected chi connectivity index (χ1v) is 5.15. The van der Waals surface area contributed by atoms with Crippen molar-refractivity contribution in [3.8, 4) is 0 Å². The Hall–Kier alpha value is -1.21. The highest BCUT2D eigenvalue weighted by Crippen LogP contribution is 2.11. The van der Waals surface area contributed by atoms with Crippen molar-refractivity contribution in [1.82, 2.24) is 0 Å². The molecule has 0 unspecified atom stereocenters. The minimum absolute atomic E-state index is 0.360. The molecule has 0 aliphatic carbocycles. The Kier molecular flexibility index (Phi) is 5.30. The molecule has 1 aromatic heterocycles. The molecule has 1 heterocycles. The highest BCUT2D eigenvalue weighted by atomic mass is 16.5. The molecule has 96 valence electrons. The van der Waals surface area contributed by atoms with Crippen LogP contribution in [-0.4, -0.2) is 54.0 Å². The Bertz CT molecular complexity index is 348. The van der Waals surface area contributed by atoms with Crippen LogP contribution in [0.25, 0.3) is 0 Å². The molecule has 0 radical (unpaired) electrons. The molecule has 0 fully saturated rings. The summed E-state index contributed by atoms with van der Waals surface area (Å²) in [6.07, 6.45) is 1.36. The topological polar surface area (TPSA) is 95.4 Å². The van der Waals surface area contributed by atoms with E-state index in [-0.39, 0.29) is 0 Å². The molecule has 0 atom stereocenters. The third-order valence-electron chi connectivity index (χ3n) is 2.32. The predicted molar refractivity (Wildman–Crippen MR) is 61.0 cm³/mol. The van der Waals surface area contributed by atoms with Crippen molar-refractivity contribution in [2.45, 2.75) is 12.1 Å². The predicted octanol–water partition coefficient (Wildman–Crippen LogP) is -0.439. The lowest BCUT2D eigenvalue weighted by Crippen LogP contribution is -2.39. The molecule has 0 saturated carbocycles. The van der Waals surface area contributed by atoms with Gasteiger partial charge in [-0.3, -0.25) is 4.99 Å². The summed E-state index contributed by atoms with van der Waals surface area (Å²) in [4.78, 5) is 3.94. The molecule has 0 aliphatic rings. The molecule has 0 bridgehead atoms. The molecule has 1 rings (SSSR count). The molecular weight excluding hydrogens is 226 g/mol. The van der Waals surface area contributed by atoms with Gasteiger partial charge in [0.2, 0.25) is 0 Å². The van der Waals surface area contributed by atoms with E-state index in [1.54, 1.807) is 19.2 Å². The first-order valence-electron chi connectivity index (χ1n) is 5.15. The molecule has 1 aromatic rings. The van der Waals surface area contributed by atoms with Crippen molar-refractivity contribution in [3.63, 3.8) is 0 Å². The fourth-order valence-electron chi connectivity index (χ4n) is 1.16. The highest BCUT2D eigenvalue weighted by Gasteiger charge is 2.26. The van der Waals surface area contributed by atoms with Gasteiger partial charge < -0.3 is 24.5 Å². The minimum atomic E-state index is -1.27. The number of aliphatic imine (C=N–C) groups is 1. The van der Waals surface area contributed by atoms with Crippen LogP contribution in [0.4, 0.5) is 0 Å². The fourth-order valence-corrected chi connectivity index (χ4v) is 1.16. The second-order valence-corrected chi connectivity index (χ2v) is 3.69. The number of hydrogen-bond donors (Lipinski definition) is 3. The smallest absolute Gasteiger partial charge is 0.144 e. The molecule has 0 aromatic carbocycles. The lowest BCUT2D eigenvalue weighted by molar-refractivity contribution is 0.0718. The van der Waals surface area contributed by atoms with Crippen LogP contribution in [0.5, 0.6) is 0 Å². The molecule has 0 aliphatic heterocycles. The van der Waals surface area contributed by atoms with Crippen molar-refractivity contribution >= 4 is 6.21 Å². The Morgan fingerprint density at radius 3 is 2.47 bits per heavy atom. The standard InChI is InChI=1S/C11H17NO5/c1-16-5-10-3-2-9(17-10)4-12-11(6-13,7-14)8-15/h2-4,13-15H,5-8H2,1H3. The summed E-state index contributed by atoms with van der Waals surface area (Å²) in [7, 11) is 1.56. The molecular formula is C11H17NO5. The Labute approximate surface area is 99.2 Å². The molecule has 17 heavy (non-hydrogen) atoms. The molecule has 0 spiro atoms. The van der Waals surface area contributed by atoms with E-state index in [4.69, 9.17) is 24.5 Å². The maximum atomic E-state index is 9.06. The SMILES string of the molecule is COCc1ccc(C=NC(CO)(CO)CO)o1. The molecule has 6 nitrogen and oxygen atoms in total. The zero-order valence-corrected chi connectivity index (χ0v) is 9.67. The zero-order valence-electron chi connectivity index (χ0n) is 9.67. The number of aliphatic hydroxyl groups is 3. The van der Waals surface area contributed by atoms with Crippen molar-refractivity contribution in [2.24, 2.45) is 4.99 Å². The van der Waals surface area contributed by atoms with Gasteiger partial charge >= 0.3 is 0 Å². The first-order chi connectivity index (χ1) is 8.19. The van der Waals surface area contributed by atoms with E-state index in [2.05, 4.69) is 4.99 Å². The summed E-state index contributed by atoms with van der Waals surface area (Å²) >= 11 is 0. The summed E-state index contributed by atoms with van der Waals surface area (Å²) in [5.41, 5.74) is -1.27. The minimum Gasteiger partial charge on any atom is -0.458 e. The summed E-state index contributed by atoms with van der Waals surface area (Å²) in [5, 5.41) is 27.2. The largest absolute Gasteiger partial charge is 0.458 e. The summed E-state index contributed by atoms with van der Waals surface area (Å²) in [6, 6.07) is 3.43. The van der Waals surface area contributed by atoms with Gasteiger partial charge in [0.1, 0.15) is 23.7 Å². The van der Waals surface area contributed by atoms with E-state index in [0.717, 1.165) is 0 Å². The number of methoxy groups -OCH3 is 1. The Morgan fingerprint density at radius 1 is 1.29 bits per heavy atom. The number of aliphatic hydroxyl groups excluding tert-OH is 3. The van der Waals surface area contributed by atoms with Crippen LogP contribution in [0.15, 0.2) is 21.5 Å². The van der Waals surface area contributed by atoms with Crippen LogP contribution < -0.4 is 0 Å². The van der Waals surface area contributed by atoms with Crippen molar-refractivity contribution in [2.75, 3.05) is 26.9 Å². The molecule has 0 amide bonds. The van der Waals surface area contributed by atoms with Gasteiger partial charge in [-0.05, 0) is 12.1 Å². The highest BCUT2D eigenvalue weighted by molar-refractivity contribution is 5.76. The lowest BCUT2D eigenvalue weighted by Gasteiger charge is -2.21. The van der Waals surface area contributed by atoms with Gasteiger partial charge in [0.05, 0.1) is 26.0 Å². The summed E-state index contributed by atoms with van der Waals surface area (Å²) < 4.78 is 10.2. The summed E-state index contributed by atoms with van der Waals surface area (Å²) in [5.74, 6) is 1.12. The van der Waals surface area contributed by atoms with Gasteiger partial charge in [-0.25, -0.2) is 0 Å². The third-order valence-corrected chi connectivity index (χ3v) is 2.32. The zero-order chi connectivity index (χ0) is 12.7. The van der Waals surface area contributed by atoms with Gasteiger partial charge in [0.25, 0.3) is 0 Å². The molecule has 0 saturated heterocycles. The molecule has 6 heteroatoms. The van der Waals surface area contributed by atoms with E-state index in [1.807, 2.05) is 0 Å². The Balaban J connectivity index is 2.74. The van der Waals surface area contributed by atoms with Crippen molar-refractivity contribution in [1.29, 1.82) is 0 Å². The van der Waals surface area contributed by atoms with Gasteiger partial charge in [0, 0.05) is 7.11 Å². The van der Waals surface area contributed by atoms with Gasteiger partial charge in [-0.15, -0.1) is 0 Å². The maximum Gasteiger partial charge on any atom is 0.144 e. The Morgan fingerprint density at radius 2 is 1.94 bits per heavy atom. The lowest BCUT2D eigenvalue weighted by atomic mass is 10.1. The average Bonchev–Trinajstić information content (AvgIpc) is 2.80. The second-order valence-electron chi connectivity index (χ2n) is 3.69. The quantitative estimate of drug-likeness (QED) is 0.564. The van der Waals surface area contributed by atoms with Gasteiger partial charge in [0.15, 0.2) is 0 Å². The van der Waals surface area contributed by atoms with E-state index in [1.165, 1.54) is 6.21 Å². The number of nitrogens with zero attached hydrogens (tertiary/aromatic N) is 1. The summed E-state index contributed by atoms with van der Waals surface area (Å²) in [6.45, 7) is -0.967. The van der Waals surface area contributed by atoms with E-state index < -0.39 is 25.4 Å². The van der Waals surface area contributed by atoms with Crippen LogP contribution in [-0.2, 0) is 11.3 Å². The monoisotopic (exact) mass is 243 g/mol. The number of hydrogen-bond acceptors (Lipinski definition) is 6. The number of furan rings is 1. The number of rotatable bonds is 7. The normalized spacial score (nSPS) is 12.5. The van der Waals surface area contributed by atoms with Crippen molar-refractivity contribution < 1.29 is 24.5 Å². The second kappa shape index (κ2) is 6.51.